The quantitative estimate of drug-likeness (QED) is 0.311. The lowest BCUT2D eigenvalue weighted by Crippen LogP contribution is -2.42. The van der Waals surface area contributed by atoms with Crippen LogP contribution in [0, 0.1) is 5.82 Å². The Morgan fingerprint density at radius 3 is 2.11 bits per heavy atom. The monoisotopic (exact) mass is 528 g/mol. The van der Waals surface area contributed by atoms with Crippen molar-refractivity contribution < 1.29 is 40.3 Å². The first-order valence-corrected chi connectivity index (χ1v) is 10.6. The number of nitrogens with one attached hydrogen (secondary N) is 3. The Bertz CT molecular complexity index is 1240. The molecule has 3 aromatic rings. The Labute approximate surface area is 206 Å². The van der Waals surface area contributed by atoms with Crippen molar-refractivity contribution in [2.45, 2.75) is 12.4 Å². The molecule has 6 nitrogen and oxygen atoms in total. The molecular formula is C24H19F7N4O2. The number of hydrogen-bond donors (Lipinski definition) is 3. The molecule has 0 radical (unpaired) electrons. The van der Waals surface area contributed by atoms with Gasteiger partial charge in [-0.15, -0.1) is 0 Å². The van der Waals surface area contributed by atoms with E-state index in [9.17, 15) is 40.3 Å². The highest BCUT2D eigenvalue weighted by Gasteiger charge is 2.33. The van der Waals surface area contributed by atoms with E-state index < -0.39 is 47.0 Å². The Balaban J connectivity index is 1.70. The first-order valence-electron chi connectivity index (χ1n) is 10.6. The molecular weight excluding hydrogens is 509 g/mol. The lowest BCUT2D eigenvalue weighted by Gasteiger charge is -2.24. The predicted molar refractivity (Wildman–Crippen MR) is 123 cm³/mol. The summed E-state index contributed by atoms with van der Waals surface area (Å²) in [6, 6.07) is 10.9. The van der Waals surface area contributed by atoms with Gasteiger partial charge in [-0.05, 0) is 54.6 Å². The molecule has 4 amide bonds. The topological polar surface area (TPSA) is 73.5 Å². The zero-order valence-electron chi connectivity index (χ0n) is 18.8. The van der Waals surface area contributed by atoms with Crippen molar-refractivity contribution in [3.05, 3.63) is 89.7 Å². The molecule has 3 aromatic carbocycles. The summed E-state index contributed by atoms with van der Waals surface area (Å²) in [5.74, 6) is -0.609. The van der Waals surface area contributed by atoms with E-state index in [0.29, 0.717) is 0 Å². The molecule has 0 heterocycles. The maximum atomic E-state index is 13.4. The maximum Gasteiger partial charge on any atom is 0.418 e. The van der Waals surface area contributed by atoms with E-state index in [0.717, 1.165) is 53.4 Å². The minimum Gasteiger partial charge on any atom is -0.336 e. The normalized spacial score (nSPS) is 11.5. The van der Waals surface area contributed by atoms with Gasteiger partial charge in [0.1, 0.15) is 5.82 Å². The van der Waals surface area contributed by atoms with Gasteiger partial charge in [0.2, 0.25) is 0 Å². The molecule has 0 saturated carbocycles. The van der Waals surface area contributed by atoms with Crippen molar-refractivity contribution >= 4 is 29.1 Å². The van der Waals surface area contributed by atoms with Gasteiger partial charge in [0, 0.05) is 24.5 Å². The molecule has 13 heteroatoms. The summed E-state index contributed by atoms with van der Waals surface area (Å²) in [7, 11) is 0. The average molecular weight is 528 g/mol. The van der Waals surface area contributed by atoms with E-state index in [1.165, 1.54) is 24.3 Å². The first kappa shape index (κ1) is 27.3. The highest BCUT2D eigenvalue weighted by atomic mass is 19.4. The average Bonchev–Trinajstić information content (AvgIpc) is 2.82. The largest absolute Gasteiger partial charge is 0.418 e. The summed E-state index contributed by atoms with van der Waals surface area (Å²) in [5, 5.41) is 6.70. The van der Waals surface area contributed by atoms with E-state index in [4.69, 9.17) is 0 Å². The van der Waals surface area contributed by atoms with Gasteiger partial charge in [-0.3, -0.25) is 4.90 Å². The van der Waals surface area contributed by atoms with Crippen LogP contribution in [0.1, 0.15) is 11.1 Å². The second kappa shape index (κ2) is 11.2. The summed E-state index contributed by atoms with van der Waals surface area (Å²) in [5.41, 5.74) is -2.54. The van der Waals surface area contributed by atoms with Crippen molar-refractivity contribution in [3.8, 4) is 0 Å². The lowest BCUT2D eigenvalue weighted by atomic mass is 10.1. The van der Waals surface area contributed by atoms with Crippen LogP contribution in [0.3, 0.4) is 0 Å². The summed E-state index contributed by atoms with van der Waals surface area (Å²) in [6.07, 6.45) is -9.34. The van der Waals surface area contributed by atoms with Gasteiger partial charge in [0.25, 0.3) is 0 Å². The number of nitrogens with zero attached hydrogens (tertiary/aromatic N) is 1. The Kier molecular flexibility index (Phi) is 8.25. The van der Waals surface area contributed by atoms with Gasteiger partial charge < -0.3 is 16.0 Å². The number of rotatable bonds is 6. The number of para-hydroxylation sites is 1. The van der Waals surface area contributed by atoms with Crippen LogP contribution in [-0.4, -0.2) is 25.2 Å². The van der Waals surface area contributed by atoms with Crippen LogP contribution in [0.5, 0.6) is 0 Å². The third-order valence-corrected chi connectivity index (χ3v) is 4.93. The van der Waals surface area contributed by atoms with E-state index in [-0.39, 0.29) is 24.5 Å². The van der Waals surface area contributed by atoms with E-state index in [2.05, 4.69) is 16.0 Å². The molecule has 3 rings (SSSR count). The number of benzene rings is 3. The van der Waals surface area contributed by atoms with Crippen molar-refractivity contribution in [2.24, 2.45) is 0 Å². The SMILES string of the molecule is O=C(NCCN(C(=O)Nc1cccc(C(F)(F)F)c1)c1ccc(F)cc1)Nc1ccccc1C(F)(F)F. The fourth-order valence-electron chi connectivity index (χ4n) is 3.22. The second-order valence-electron chi connectivity index (χ2n) is 7.56. The van der Waals surface area contributed by atoms with E-state index >= 15 is 0 Å². The fraction of sp³-hybridized carbons (Fsp3) is 0.167. The number of carbonyl (C=O) groups is 2. The predicted octanol–water partition coefficient (Wildman–Crippen LogP) is 6.72. The van der Waals surface area contributed by atoms with Gasteiger partial charge in [-0.2, -0.15) is 26.3 Å². The third kappa shape index (κ3) is 7.59. The summed E-state index contributed by atoms with van der Waals surface area (Å²) in [6.45, 7) is -0.530. The molecule has 0 bridgehead atoms. The highest BCUT2D eigenvalue weighted by Crippen LogP contribution is 2.34. The van der Waals surface area contributed by atoms with Crippen LogP contribution >= 0.6 is 0 Å². The number of halogens is 7. The molecule has 0 spiro atoms. The molecule has 0 aliphatic rings. The minimum atomic E-state index is -4.70. The zero-order valence-corrected chi connectivity index (χ0v) is 18.8. The molecule has 0 aromatic heterocycles. The molecule has 0 aliphatic carbocycles. The van der Waals surface area contributed by atoms with Crippen LogP contribution in [0.15, 0.2) is 72.8 Å². The van der Waals surface area contributed by atoms with Crippen molar-refractivity contribution in [1.82, 2.24) is 5.32 Å². The summed E-state index contributed by atoms with van der Waals surface area (Å²) in [4.78, 5) is 26.1. The summed E-state index contributed by atoms with van der Waals surface area (Å²) >= 11 is 0. The Morgan fingerprint density at radius 1 is 0.784 bits per heavy atom. The number of carbonyl (C=O) groups excluding carboxylic acids is 2. The van der Waals surface area contributed by atoms with Crippen LogP contribution < -0.4 is 20.9 Å². The van der Waals surface area contributed by atoms with Gasteiger partial charge in [-0.1, -0.05) is 18.2 Å². The molecule has 196 valence electrons. The fourth-order valence-corrected chi connectivity index (χ4v) is 3.22. The van der Waals surface area contributed by atoms with E-state index in [1.54, 1.807) is 0 Å². The van der Waals surface area contributed by atoms with Crippen molar-refractivity contribution in [1.29, 1.82) is 0 Å². The van der Waals surface area contributed by atoms with Gasteiger partial charge >= 0.3 is 24.4 Å². The Hall–Kier alpha value is -4.29. The van der Waals surface area contributed by atoms with Crippen LogP contribution in [0.4, 0.5) is 57.4 Å². The number of alkyl halides is 6. The zero-order chi connectivity index (χ0) is 27.2. The second-order valence-corrected chi connectivity index (χ2v) is 7.56. The van der Waals surface area contributed by atoms with Gasteiger partial charge in [-0.25, -0.2) is 14.0 Å². The molecule has 37 heavy (non-hydrogen) atoms. The van der Waals surface area contributed by atoms with Crippen molar-refractivity contribution in [2.75, 3.05) is 28.6 Å². The number of hydrogen-bond acceptors (Lipinski definition) is 2. The number of anilines is 3. The van der Waals surface area contributed by atoms with Gasteiger partial charge in [0.05, 0.1) is 16.8 Å². The molecule has 0 atom stereocenters. The molecule has 0 aliphatic heterocycles. The Morgan fingerprint density at radius 2 is 1.46 bits per heavy atom. The number of amides is 4. The van der Waals surface area contributed by atoms with Gasteiger partial charge in [0.15, 0.2) is 0 Å². The first-order chi connectivity index (χ1) is 17.3. The molecule has 0 unspecified atom stereocenters. The summed E-state index contributed by atoms with van der Waals surface area (Å²) < 4.78 is 91.7. The molecule has 0 fully saturated rings. The van der Waals surface area contributed by atoms with Crippen LogP contribution in [0.2, 0.25) is 0 Å². The minimum absolute atomic E-state index is 0.149. The maximum absolute atomic E-state index is 13.4. The smallest absolute Gasteiger partial charge is 0.336 e. The van der Waals surface area contributed by atoms with Crippen molar-refractivity contribution in [3.63, 3.8) is 0 Å². The van der Waals surface area contributed by atoms with Crippen LogP contribution in [-0.2, 0) is 12.4 Å². The van der Waals surface area contributed by atoms with E-state index in [1.807, 2.05) is 0 Å². The molecule has 0 saturated heterocycles. The molecule has 3 N–H and O–H groups in total. The number of urea groups is 2. The highest BCUT2D eigenvalue weighted by molar-refractivity contribution is 6.02. The van der Waals surface area contributed by atoms with Crippen LogP contribution in [0.25, 0.3) is 0 Å². The third-order valence-electron chi connectivity index (χ3n) is 4.93. The standard InChI is InChI=1S/C24H19F7N4O2/c25-16-8-10-18(11-9-16)35(22(37)33-17-5-3-4-15(14-17)23(26,27)28)13-12-32-21(36)34-20-7-2-1-6-19(20)24(29,30)31/h1-11,14H,12-13H2,(H,33,37)(H2,32,34,36). The lowest BCUT2D eigenvalue weighted by molar-refractivity contribution is -0.138.